The van der Waals surface area contributed by atoms with Crippen molar-refractivity contribution in [2.45, 2.75) is 18.9 Å². The second-order valence-electron chi connectivity index (χ2n) is 4.71. The van der Waals surface area contributed by atoms with Gasteiger partial charge in [-0.2, -0.15) is 0 Å². The highest BCUT2D eigenvalue weighted by Gasteiger charge is 2.47. The first-order valence-corrected chi connectivity index (χ1v) is 6.86. The van der Waals surface area contributed by atoms with Crippen LogP contribution in [0.1, 0.15) is 33.6 Å². The molecular weight excluding hydrogens is 282 g/mol. The van der Waals surface area contributed by atoms with Crippen LogP contribution in [-0.4, -0.2) is 46.5 Å². The lowest BCUT2D eigenvalue weighted by atomic mass is 10.0. The van der Waals surface area contributed by atoms with E-state index in [-0.39, 0.29) is 34.9 Å². The Hall–Kier alpha value is -2.22. The highest BCUT2D eigenvalue weighted by atomic mass is 32.1. The fourth-order valence-electron chi connectivity index (χ4n) is 2.51. The summed E-state index contributed by atoms with van der Waals surface area (Å²) >= 11 is 1.12. The number of likely N-dealkylation sites (N-methyl/N-ethyl adjacent to an activating group) is 1. The number of nitrogens with two attached hydrogens (primary N) is 1. The second kappa shape index (κ2) is 4.14. The molecule has 4 amide bonds. The van der Waals surface area contributed by atoms with E-state index in [4.69, 9.17) is 5.73 Å². The summed E-state index contributed by atoms with van der Waals surface area (Å²) < 4.78 is 0. The van der Waals surface area contributed by atoms with Crippen LogP contribution in [0.2, 0.25) is 0 Å². The van der Waals surface area contributed by atoms with Crippen LogP contribution in [-0.2, 0) is 9.59 Å². The molecule has 8 heteroatoms. The summed E-state index contributed by atoms with van der Waals surface area (Å²) in [6, 6.07) is -0.922. The molecule has 1 fully saturated rings. The maximum atomic E-state index is 12.3. The summed E-state index contributed by atoms with van der Waals surface area (Å²) in [7, 11) is 1.35. The van der Waals surface area contributed by atoms with Crippen LogP contribution < -0.4 is 5.73 Å². The molecule has 7 nitrogen and oxygen atoms in total. The zero-order valence-electron chi connectivity index (χ0n) is 10.6. The number of anilines is 1. The van der Waals surface area contributed by atoms with Crippen molar-refractivity contribution in [2.24, 2.45) is 0 Å². The monoisotopic (exact) mass is 293 g/mol. The molecule has 0 aliphatic carbocycles. The van der Waals surface area contributed by atoms with Gasteiger partial charge >= 0.3 is 0 Å². The summed E-state index contributed by atoms with van der Waals surface area (Å²) in [5.74, 6) is -1.90. The Morgan fingerprint density at radius 1 is 1.25 bits per heavy atom. The van der Waals surface area contributed by atoms with E-state index in [0.717, 1.165) is 21.1 Å². The number of imide groups is 2. The maximum absolute atomic E-state index is 12.3. The molecule has 3 heterocycles. The molecule has 1 unspecified atom stereocenters. The SMILES string of the molecule is CN1C(=O)CCC(N2C(=O)c3csc(N)c3C2=O)C1=O. The molecular formula is C12H11N3O4S. The molecule has 0 bridgehead atoms. The molecule has 1 atom stereocenters. The minimum Gasteiger partial charge on any atom is -0.390 e. The van der Waals surface area contributed by atoms with E-state index in [9.17, 15) is 19.2 Å². The number of hydrogen-bond acceptors (Lipinski definition) is 6. The third-order valence-electron chi connectivity index (χ3n) is 3.63. The van der Waals surface area contributed by atoms with Crippen molar-refractivity contribution in [3.8, 4) is 0 Å². The fourth-order valence-corrected chi connectivity index (χ4v) is 3.29. The molecule has 1 saturated heterocycles. The zero-order valence-corrected chi connectivity index (χ0v) is 11.4. The number of likely N-dealkylation sites (tertiary alicyclic amines) is 1. The molecule has 0 radical (unpaired) electrons. The molecule has 2 aliphatic heterocycles. The summed E-state index contributed by atoms with van der Waals surface area (Å²) in [6.07, 6.45) is 0.291. The number of thiophene rings is 1. The van der Waals surface area contributed by atoms with E-state index in [0.29, 0.717) is 0 Å². The number of nitrogen functional groups attached to an aromatic ring is 1. The molecule has 104 valence electrons. The van der Waals surface area contributed by atoms with Crippen LogP contribution in [0.3, 0.4) is 0 Å². The number of hydrogen-bond donors (Lipinski definition) is 1. The van der Waals surface area contributed by atoms with Crippen LogP contribution in [0.25, 0.3) is 0 Å². The number of amides is 4. The Balaban J connectivity index is 1.97. The Morgan fingerprint density at radius 3 is 2.60 bits per heavy atom. The van der Waals surface area contributed by atoms with Gasteiger partial charge < -0.3 is 5.73 Å². The largest absolute Gasteiger partial charge is 0.390 e. The number of carbonyl (C=O) groups excluding carboxylic acids is 4. The van der Waals surface area contributed by atoms with Gasteiger partial charge in [-0.05, 0) is 6.42 Å². The molecule has 0 saturated carbocycles. The average Bonchev–Trinajstić information content (AvgIpc) is 2.90. The first-order chi connectivity index (χ1) is 9.43. The number of piperidine rings is 1. The lowest BCUT2D eigenvalue weighted by Gasteiger charge is -2.32. The van der Waals surface area contributed by atoms with Gasteiger partial charge in [-0.1, -0.05) is 0 Å². The smallest absolute Gasteiger partial charge is 0.265 e. The first-order valence-electron chi connectivity index (χ1n) is 5.98. The Bertz CT molecular complexity index is 666. The van der Waals surface area contributed by atoms with Gasteiger partial charge in [-0.15, -0.1) is 11.3 Å². The standard InChI is InChI=1S/C12H11N3O4S/c1-14-7(16)3-2-6(11(14)18)15-10(17)5-4-20-9(13)8(5)12(15)19/h4,6H,2-3,13H2,1H3. The van der Waals surface area contributed by atoms with Crippen LogP contribution in [0, 0.1) is 0 Å². The maximum Gasteiger partial charge on any atom is 0.265 e. The van der Waals surface area contributed by atoms with Crippen molar-refractivity contribution in [3.05, 3.63) is 16.5 Å². The summed E-state index contributed by atoms with van der Waals surface area (Å²) in [5.41, 5.74) is 6.10. The zero-order chi connectivity index (χ0) is 14.6. The Kier molecular flexibility index (Phi) is 2.65. The van der Waals surface area contributed by atoms with Crippen LogP contribution in [0.4, 0.5) is 5.00 Å². The third-order valence-corrected chi connectivity index (χ3v) is 4.45. The first kappa shape index (κ1) is 12.8. The van der Waals surface area contributed by atoms with E-state index >= 15 is 0 Å². The van der Waals surface area contributed by atoms with Crippen molar-refractivity contribution in [1.82, 2.24) is 9.80 Å². The molecule has 1 aromatic heterocycles. The van der Waals surface area contributed by atoms with Crippen molar-refractivity contribution in [1.29, 1.82) is 0 Å². The summed E-state index contributed by atoms with van der Waals surface area (Å²) in [6.45, 7) is 0. The van der Waals surface area contributed by atoms with Crippen molar-refractivity contribution >= 4 is 40.0 Å². The lowest BCUT2D eigenvalue weighted by Crippen LogP contribution is -2.54. The number of nitrogens with zero attached hydrogens (tertiary/aromatic N) is 2. The summed E-state index contributed by atoms with van der Waals surface area (Å²) in [4.78, 5) is 50.0. The predicted molar refractivity (Wildman–Crippen MR) is 70.0 cm³/mol. The number of fused-ring (bicyclic) bond motifs is 1. The predicted octanol–water partition coefficient (Wildman–Crippen LogP) is 0.0737. The van der Waals surface area contributed by atoms with Crippen LogP contribution in [0.15, 0.2) is 5.38 Å². The normalized spacial score (nSPS) is 22.8. The molecule has 1 aromatic rings. The quantitative estimate of drug-likeness (QED) is 0.739. The van der Waals surface area contributed by atoms with E-state index in [1.54, 1.807) is 0 Å². The van der Waals surface area contributed by atoms with Gasteiger partial charge in [-0.3, -0.25) is 29.0 Å². The van der Waals surface area contributed by atoms with Crippen LogP contribution in [0.5, 0.6) is 0 Å². The average molecular weight is 293 g/mol. The van der Waals surface area contributed by atoms with Crippen LogP contribution >= 0.6 is 11.3 Å². The lowest BCUT2D eigenvalue weighted by molar-refractivity contribution is -0.149. The van der Waals surface area contributed by atoms with Gasteiger partial charge in [0.2, 0.25) is 5.91 Å². The Labute approximate surface area is 117 Å². The van der Waals surface area contributed by atoms with Gasteiger partial charge in [-0.25, -0.2) is 0 Å². The van der Waals surface area contributed by atoms with Gasteiger partial charge in [0.15, 0.2) is 0 Å². The topological polar surface area (TPSA) is 101 Å². The third kappa shape index (κ3) is 1.51. The molecule has 2 aliphatic rings. The highest BCUT2D eigenvalue weighted by molar-refractivity contribution is 7.14. The molecule has 0 aromatic carbocycles. The van der Waals surface area contributed by atoms with Crippen molar-refractivity contribution in [3.63, 3.8) is 0 Å². The Morgan fingerprint density at radius 2 is 1.95 bits per heavy atom. The highest BCUT2D eigenvalue weighted by Crippen LogP contribution is 2.35. The van der Waals surface area contributed by atoms with Crippen molar-refractivity contribution in [2.75, 3.05) is 12.8 Å². The molecule has 20 heavy (non-hydrogen) atoms. The van der Waals surface area contributed by atoms with Crippen molar-refractivity contribution < 1.29 is 19.2 Å². The van der Waals surface area contributed by atoms with Gasteiger partial charge in [0, 0.05) is 18.8 Å². The van der Waals surface area contributed by atoms with E-state index < -0.39 is 23.8 Å². The number of carbonyl (C=O) groups is 4. The molecule has 0 spiro atoms. The van der Waals surface area contributed by atoms with Gasteiger partial charge in [0.1, 0.15) is 6.04 Å². The number of rotatable bonds is 1. The van der Waals surface area contributed by atoms with E-state index in [1.807, 2.05) is 0 Å². The molecule has 2 N–H and O–H groups in total. The minimum absolute atomic E-state index is 0.131. The van der Waals surface area contributed by atoms with E-state index in [2.05, 4.69) is 0 Å². The fraction of sp³-hybridized carbons (Fsp3) is 0.333. The van der Waals surface area contributed by atoms with E-state index in [1.165, 1.54) is 12.4 Å². The molecule has 3 rings (SSSR count). The van der Waals surface area contributed by atoms with Gasteiger partial charge in [0.25, 0.3) is 17.7 Å². The second-order valence-corrected chi connectivity index (χ2v) is 5.63. The van der Waals surface area contributed by atoms with Gasteiger partial charge in [0.05, 0.1) is 16.1 Å². The summed E-state index contributed by atoms with van der Waals surface area (Å²) in [5, 5.41) is 1.79. The minimum atomic E-state index is -0.922.